The summed E-state index contributed by atoms with van der Waals surface area (Å²) in [4.78, 5) is 18.7. The van der Waals surface area contributed by atoms with Gasteiger partial charge >= 0.3 is 0 Å². The molecule has 2 aromatic carbocycles. The summed E-state index contributed by atoms with van der Waals surface area (Å²) in [6, 6.07) is 14.4. The van der Waals surface area contributed by atoms with Crippen molar-refractivity contribution in [1.82, 2.24) is 4.90 Å². The third-order valence-electron chi connectivity index (χ3n) is 6.27. The number of β-amino-alcohol motifs (C(OH)–C–C–N with tert-alkyl or cyclic N) is 1. The van der Waals surface area contributed by atoms with Gasteiger partial charge in [-0.15, -0.1) is 6.58 Å². The molecule has 0 radical (unpaired) electrons. The van der Waals surface area contributed by atoms with Gasteiger partial charge in [0.15, 0.2) is 0 Å². The zero-order chi connectivity index (χ0) is 22.5. The molecule has 1 N–H and O–H groups in total. The first-order valence-corrected chi connectivity index (χ1v) is 11.4. The van der Waals surface area contributed by atoms with Gasteiger partial charge in [-0.3, -0.25) is 9.69 Å². The molecular formula is C26H33N3O3. The SMILES string of the molecule is C=CCN1C(=O)CCc2c(OCC(O)CN3CCN(c4ccc(C)cc4)CC3)cccc21. The fraction of sp³-hybridized carbons (Fsp3) is 0.423. The summed E-state index contributed by atoms with van der Waals surface area (Å²) in [5, 5.41) is 10.6. The minimum absolute atomic E-state index is 0.111. The fourth-order valence-corrected chi connectivity index (χ4v) is 4.50. The van der Waals surface area contributed by atoms with Gasteiger partial charge in [0.2, 0.25) is 5.91 Å². The number of rotatable bonds is 8. The van der Waals surface area contributed by atoms with E-state index in [1.165, 1.54) is 11.3 Å². The molecule has 0 aromatic heterocycles. The molecule has 2 heterocycles. The van der Waals surface area contributed by atoms with E-state index in [4.69, 9.17) is 4.74 Å². The Morgan fingerprint density at radius 1 is 1.09 bits per heavy atom. The second kappa shape index (κ2) is 10.2. The van der Waals surface area contributed by atoms with Gasteiger partial charge in [0.25, 0.3) is 0 Å². The number of anilines is 2. The number of ether oxygens (including phenoxy) is 1. The molecule has 6 nitrogen and oxygen atoms in total. The van der Waals surface area contributed by atoms with Gasteiger partial charge in [-0.1, -0.05) is 29.8 Å². The van der Waals surface area contributed by atoms with E-state index in [0.29, 0.717) is 25.9 Å². The molecule has 1 fully saturated rings. The first kappa shape index (κ1) is 22.4. The van der Waals surface area contributed by atoms with Gasteiger partial charge in [-0.25, -0.2) is 0 Å². The maximum atomic E-state index is 12.3. The molecule has 1 saturated heterocycles. The van der Waals surface area contributed by atoms with Crippen LogP contribution in [0.25, 0.3) is 0 Å². The van der Waals surface area contributed by atoms with E-state index in [2.05, 4.69) is 47.6 Å². The van der Waals surface area contributed by atoms with Crippen molar-refractivity contribution in [3.63, 3.8) is 0 Å². The highest BCUT2D eigenvalue weighted by Gasteiger charge is 2.26. The van der Waals surface area contributed by atoms with Crippen LogP contribution in [0.3, 0.4) is 0 Å². The number of amides is 1. The van der Waals surface area contributed by atoms with Gasteiger partial charge in [-0.05, 0) is 37.6 Å². The van der Waals surface area contributed by atoms with Crippen LogP contribution in [0, 0.1) is 6.92 Å². The molecule has 1 atom stereocenters. The number of benzene rings is 2. The number of fused-ring (bicyclic) bond motifs is 1. The van der Waals surface area contributed by atoms with Crippen molar-refractivity contribution in [2.24, 2.45) is 0 Å². The topological polar surface area (TPSA) is 56.3 Å². The predicted molar refractivity (Wildman–Crippen MR) is 129 cm³/mol. The van der Waals surface area contributed by atoms with Crippen molar-refractivity contribution >= 4 is 17.3 Å². The maximum Gasteiger partial charge on any atom is 0.227 e. The van der Waals surface area contributed by atoms with Crippen molar-refractivity contribution in [2.45, 2.75) is 25.9 Å². The van der Waals surface area contributed by atoms with Crippen molar-refractivity contribution in [2.75, 3.05) is 55.7 Å². The molecular weight excluding hydrogens is 402 g/mol. The second-order valence-corrected chi connectivity index (χ2v) is 8.63. The third kappa shape index (κ3) is 5.14. The zero-order valence-electron chi connectivity index (χ0n) is 18.9. The molecule has 32 heavy (non-hydrogen) atoms. The maximum absolute atomic E-state index is 12.3. The predicted octanol–water partition coefficient (Wildman–Crippen LogP) is 3.02. The zero-order valence-corrected chi connectivity index (χ0v) is 18.9. The van der Waals surface area contributed by atoms with E-state index < -0.39 is 6.10 Å². The van der Waals surface area contributed by atoms with Gasteiger partial charge in [-0.2, -0.15) is 0 Å². The molecule has 0 spiro atoms. The van der Waals surface area contributed by atoms with Crippen LogP contribution in [0.1, 0.15) is 17.5 Å². The summed E-state index contributed by atoms with van der Waals surface area (Å²) >= 11 is 0. The molecule has 0 bridgehead atoms. The van der Waals surface area contributed by atoms with E-state index in [9.17, 15) is 9.90 Å². The standard InChI is InChI=1S/C26H33N3O3/c1-3-13-29-24-5-4-6-25(23(24)11-12-26(29)31)32-19-22(30)18-27-14-16-28(17-15-27)21-9-7-20(2)8-10-21/h3-10,22,30H,1,11-19H2,2H3. The highest BCUT2D eigenvalue weighted by Crippen LogP contribution is 2.34. The Labute approximate surface area is 190 Å². The van der Waals surface area contributed by atoms with Crippen LogP contribution in [0.4, 0.5) is 11.4 Å². The molecule has 1 amide bonds. The van der Waals surface area contributed by atoms with E-state index >= 15 is 0 Å². The van der Waals surface area contributed by atoms with Crippen molar-refractivity contribution < 1.29 is 14.6 Å². The van der Waals surface area contributed by atoms with E-state index in [1.807, 2.05) is 18.2 Å². The number of carbonyl (C=O) groups is 1. The average molecular weight is 436 g/mol. The first-order chi connectivity index (χ1) is 15.5. The molecule has 170 valence electrons. The smallest absolute Gasteiger partial charge is 0.227 e. The van der Waals surface area contributed by atoms with Gasteiger partial charge in [0, 0.05) is 56.9 Å². The molecule has 0 saturated carbocycles. The van der Waals surface area contributed by atoms with E-state index in [-0.39, 0.29) is 12.5 Å². The lowest BCUT2D eigenvalue weighted by atomic mass is 10.00. The molecule has 2 aliphatic rings. The first-order valence-electron chi connectivity index (χ1n) is 11.4. The number of carbonyl (C=O) groups excluding carboxylic acids is 1. The molecule has 1 unspecified atom stereocenters. The van der Waals surface area contributed by atoms with Gasteiger partial charge < -0.3 is 19.6 Å². The van der Waals surface area contributed by atoms with Crippen molar-refractivity contribution in [1.29, 1.82) is 0 Å². The van der Waals surface area contributed by atoms with Crippen LogP contribution >= 0.6 is 0 Å². The van der Waals surface area contributed by atoms with Crippen LogP contribution in [0.5, 0.6) is 5.75 Å². The van der Waals surface area contributed by atoms with Crippen molar-refractivity contribution in [3.05, 3.63) is 66.2 Å². The van der Waals surface area contributed by atoms with Gasteiger partial charge in [0.1, 0.15) is 18.5 Å². The van der Waals surface area contributed by atoms with E-state index in [1.54, 1.807) is 11.0 Å². The third-order valence-corrected chi connectivity index (χ3v) is 6.27. The number of aliphatic hydroxyl groups is 1. The quantitative estimate of drug-likeness (QED) is 0.646. The minimum atomic E-state index is -0.564. The number of nitrogens with zero attached hydrogens (tertiary/aromatic N) is 3. The second-order valence-electron chi connectivity index (χ2n) is 8.63. The monoisotopic (exact) mass is 435 g/mol. The molecule has 4 rings (SSSR count). The summed E-state index contributed by atoms with van der Waals surface area (Å²) in [5.74, 6) is 0.867. The van der Waals surface area contributed by atoms with Crippen LogP contribution < -0.4 is 14.5 Å². The molecule has 0 aliphatic carbocycles. The lowest BCUT2D eigenvalue weighted by molar-refractivity contribution is -0.118. The minimum Gasteiger partial charge on any atom is -0.490 e. The number of aryl methyl sites for hydroxylation is 1. The van der Waals surface area contributed by atoms with Crippen LogP contribution in [-0.2, 0) is 11.2 Å². The molecule has 2 aliphatic heterocycles. The Hall–Kier alpha value is -2.83. The lowest BCUT2D eigenvalue weighted by Crippen LogP contribution is -2.49. The Bertz CT molecular complexity index is 936. The van der Waals surface area contributed by atoms with Crippen LogP contribution in [0.2, 0.25) is 0 Å². The molecule has 2 aromatic rings. The Balaban J connectivity index is 1.29. The summed E-state index contributed by atoms with van der Waals surface area (Å²) in [6.45, 7) is 10.9. The average Bonchev–Trinajstić information content (AvgIpc) is 2.80. The largest absolute Gasteiger partial charge is 0.490 e. The fourth-order valence-electron chi connectivity index (χ4n) is 4.50. The highest BCUT2D eigenvalue weighted by atomic mass is 16.5. The molecule has 6 heteroatoms. The van der Waals surface area contributed by atoms with E-state index in [0.717, 1.165) is 43.2 Å². The van der Waals surface area contributed by atoms with Gasteiger partial charge in [0.05, 0.1) is 5.69 Å². The van der Waals surface area contributed by atoms with Crippen molar-refractivity contribution in [3.8, 4) is 5.75 Å². The number of hydrogen-bond donors (Lipinski definition) is 1. The Kier molecular flexibility index (Phi) is 7.12. The summed E-state index contributed by atoms with van der Waals surface area (Å²) in [7, 11) is 0. The summed E-state index contributed by atoms with van der Waals surface area (Å²) in [5.41, 5.74) is 4.46. The number of piperazine rings is 1. The van der Waals surface area contributed by atoms with Crippen LogP contribution in [0.15, 0.2) is 55.1 Å². The lowest BCUT2D eigenvalue weighted by Gasteiger charge is -2.37. The number of hydrogen-bond acceptors (Lipinski definition) is 5. The summed E-state index contributed by atoms with van der Waals surface area (Å²) in [6.07, 6.45) is 2.30. The number of aliphatic hydroxyl groups excluding tert-OH is 1. The van der Waals surface area contributed by atoms with Crippen LogP contribution in [-0.4, -0.2) is 67.9 Å². The summed E-state index contributed by atoms with van der Waals surface area (Å²) < 4.78 is 6.02. The Morgan fingerprint density at radius 2 is 1.84 bits per heavy atom. The highest BCUT2D eigenvalue weighted by molar-refractivity contribution is 5.97. The normalized spacial score (nSPS) is 17.8. The Morgan fingerprint density at radius 3 is 2.56 bits per heavy atom.